The third-order valence-corrected chi connectivity index (χ3v) is 6.66. The number of carbonyl (C=O) groups is 2. The van der Waals surface area contributed by atoms with E-state index in [4.69, 9.17) is 0 Å². The van der Waals surface area contributed by atoms with Gasteiger partial charge in [0.2, 0.25) is 5.91 Å². The van der Waals surface area contributed by atoms with Gasteiger partial charge >= 0.3 is 6.03 Å². The maximum Gasteiger partial charge on any atom is 0.321 e. The molecule has 0 aromatic carbocycles. The number of hydrogen-bond acceptors (Lipinski definition) is 4. The highest BCUT2D eigenvalue weighted by atomic mass is 35.5. The number of nitrogens with one attached hydrogen (secondary N) is 3. The predicted molar refractivity (Wildman–Crippen MR) is 98.7 cm³/mol. The van der Waals surface area contributed by atoms with Gasteiger partial charge in [-0.15, -0.1) is 12.4 Å². The Morgan fingerprint density at radius 3 is 2.28 bits per heavy atom. The molecule has 142 valence electrons. The standard InChI is InChI=1S/C18H30N4O2.ClH/c1-12-10-19-2-3-22(12)11-16(23)20-17(24)21-18-7-13-4-14(8-18)6-15(5-13)9-18;/h12-15,19H,2-11H2,1H3,(H2,20,21,23,24);1H/t12-,13?,14?,15?,18?;/m0./s1. The van der Waals surface area contributed by atoms with Gasteiger partial charge in [-0.05, 0) is 63.2 Å². The maximum atomic E-state index is 12.4. The summed E-state index contributed by atoms with van der Waals surface area (Å²) in [6.07, 6.45) is 7.37. The van der Waals surface area contributed by atoms with Gasteiger partial charge in [0.05, 0.1) is 6.54 Å². The van der Waals surface area contributed by atoms with Crippen molar-refractivity contribution in [1.82, 2.24) is 20.9 Å². The Balaban J connectivity index is 0.00000182. The molecule has 3 N–H and O–H groups in total. The van der Waals surface area contributed by atoms with E-state index in [0.717, 1.165) is 56.7 Å². The minimum absolute atomic E-state index is 0. The van der Waals surface area contributed by atoms with Gasteiger partial charge in [0, 0.05) is 31.2 Å². The molecule has 0 radical (unpaired) electrons. The molecule has 7 heteroatoms. The van der Waals surface area contributed by atoms with Gasteiger partial charge in [-0.3, -0.25) is 15.0 Å². The topological polar surface area (TPSA) is 73.5 Å². The minimum Gasteiger partial charge on any atom is -0.332 e. The van der Waals surface area contributed by atoms with Gasteiger partial charge in [0.25, 0.3) is 0 Å². The van der Waals surface area contributed by atoms with Gasteiger partial charge in [0.15, 0.2) is 0 Å². The van der Waals surface area contributed by atoms with E-state index >= 15 is 0 Å². The highest BCUT2D eigenvalue weighted by Crippen LogP contribution is 2.55. The van der Waals surface area contributed by atoms with E-state index in [2.05, 4.69) is 27.8 Å². The van der Waals surface area contributed by atoms with Gasteiger partial charge in [-0.2, -0.15) is 0 Å². The predicted octanol–water partition coefficient (Wildman–Crippen LogP) is 1.50. The Morgan fingerprint density at radius 1 is 1.12 bits per heavy atom. The molecule has 6 nitrogen and oxygen atoms in total. The van der Waals surface area contributed by atoms with E-state index in [1.54, 1.807) is 0 Å². The van der Waals surface area contributed by atoms with Crippen LogP contribution in [-0.2, 0) is 4.79 Å². The zero-order valence-electron chi connectivity index (χ0n) is 15.1. The normalized spacial score (nSPS) is 39.6. The van der Waals surface area contributed by atoms with Crippen LogP contribution in [0.2, 0.25) is 0 Å². The first-order valence-corrected chi connectivity index (χ1v) is 9.58. The number of urea groups is 1. The number of imide groups is 1. The highest BCUT2D eigenvalue weighted by Gasteiger charge is 2.51. The number of hydrogen-bond donors (Lipinski definition) is 3. The van der Waals surface area contributed by atoms with Gasteiger partial charge in [-0.1, -0.05) is 0 Å². The zero-order valence-corrected chi connectivity index (χ0v) is 15.9. The summed E-state index contributed by atoms with van der Waals surface area (Å²) >= 11 is 0. The van der Waals surface area contributed by atoms with Gasteiger partial charge < -0.3 is 10.6 Å². The van der Waals surface area contributed by atoms with Crippen LogP contribution in [-0.4, -0.2) is 54.6 Å². The number of nitrogens with zero attached hydrogens (tertiary/aromatic N) is 1. The van der Waals surface area contributed by atoms with Crippen molar-refractivity contribution in [3.05, 3.63) is 0 Å². The van der Waals surface area contributed by atoms with Crippen LogP contribution in [0.4, 0.5) is 4.79 Å². The minimum atomic E-state index is -0.287. The van der Waals surface area contributed by atoms with Crippen LogP contribution in [0, 0.1) is 17.8 Å². The molecule has 0 spiro atoms. The molecule has 0 aromatic heterocycles. The van der Waals surface area contributed by atoms with Crippen molar-refractivity contribution in [3.63, 3.8) is 0 Å². The summed E-state index contributed by atoms with van der Waals surface area (Å²) in [5, 5.41) is 9.09. The van der Waals surface area contributed by atoms with E-state index in [9.17, 15) is 9.59 Å². The number of piperazine rings is 1. The first-order chi connectivity index (χ1) is 11.5. The number of amides is 3. The van der Waals surface area contributed by atoms with Crippen molar-refractivity contribution < 1.29 is 9.59 Å². The Kier molecular flexibility index (Phi) is 5.61. The lowest BCUT2D eigenvalue weighted by Crippen LogP contribution is -2.62. The lowest BCUT2D eigenvalue weighted by molar-refractivity contribution is -0.121. The fourth-order valence-electron chi connectivity index (χ4n) is 6.00. The molecule has 25 heavy (non-hydrogen) atoms. The molecule has 1 aliphatic heterocycles. The molecule has 1 heterocycles. The van der Waals surface area contributed by atoms with Crippen molar-refractivity contribution in [2.24, 2.45) is 17.8 Å². The average Bonchev–Trinajstić information content (AvgIpc) is 2.47. The van der Waals surface area contributed by atoms with E-state index < -0.39 is 0 Å². The SMILES string of the molecule is C[C@H]1CNCCN1CC(=O)NC(=O)NC12CC3CC(CC(C3)C1)C2.Cl. The van der Waals surface area contributed by atoms with Gasteiger partial charge in [-0.25, -0.2) is 4.79 Å². The molecule has 1 atom stereocenters. The molecule has 4 saturated carbocycles. The Bertz CT molecular complexity index is 492. The number of rotatable bonds is 3. The Hall–Kier alpha value is -0.850. The number of halogens is 1. The average molecular weight is 371 g/mol. The van der Waals surface area contributed by atoms with Crippen LogP contribution in [0.25, 0.3) is 0 Å². The molecule has 4 bridgehead atoms. The molecule has 0 unspecified atom stereocenters. The first-order valence-electron chi connectivity index (χ1n) is 9.58. The third-order valence-electron chi connectivity index (χ3n) is 6.66. The highest BCUT2D eigenvalue weighted by molar-refractivity contribution is 5.95. The number of carbonyl (C=O) groups excluding carboxylic acids is 2. The van der Waals surface area contributed by atoms with Crippen LogP contribution < -0.4 is 16.0 Å². The Labute approximate surface area is 156 Å². The smallest absolute Gasteiger partial charge is 0.321 e. The summed E-state index contributed by atoms with van der Waals surface area (Å²) in [6, 6.07) is 0.0421. The van der Waals surface area contributed by atoms with E-state index in [1.807, 2.05) is 0 Å². The monoisotopic (exact) mass is 370 g/mol. The third kappa shape index (κ3) is 4.12. The largest absolute Gasteiger partial charge is 0.332 e. The molecule has 5 fully saturated rings. The van der Waals surface area contributed by atoms with E-state index in [0.29, 0.717) is 12.6 Å². The second-order valence-corrected chi connectivity index (χ2v) is 8.72. The molecule has 0 aromatic rings. The summed E-state index contributed by atoms with van der Waals surface area (Å²) in [4.78, 5) is 26.7. The van der Waals surface area contributed by atoms with Crippen LogP contribution in [0.3, 0.4) is 0 Å². The van der Waals surface area contributed by atoms with Gasteiger partial charge in [0.1, 0.15) is 0 Å². The molecule has 1 saturated heterocycles. The molecule has 5 aliphatic rings. The van der Waals surface area contributed by atoms with E-state index in [1.165, 1.54) is 19.3 Å². The van der Waals surface area contributed by atoms with Crippen molar-refractivity contribution in [1.29, 1.82) is 0 Å². The first kappa shape index (κ1) is 18.9. The summed E-state index contributed by atoms with van der Waals surface area (Å²) in [6.45, 7) is 5.06. The quantitative estimate of drug-likeness (QED) is 0.703. The van der Waals surface area contributed by atoms with Crippen LogP contribution in [0.15, 0.2) is 0 Å². The van der Waals surface area contributed by atoms with Crippen molar-refractivity contribution in [2.75, 3.05) is 26.2 Å². The summed E-state index contributed by atoms with van der Waals surface area (Å²) in [5.41, 5.74) is -0.0402. The van der Waals surface area contributed by atoms with E-state index in [-0.39, 0.29) is 29.9 Å². The summed E-state index contributed by atoms with van der Waals surface area (Å²) in [7, 11) is 0. The van der Waals surface area contributed by atoms with Crippen molar-refractivity contribution in [2.45, 2.75) is 57.0 Å². The zero-order chi connectivity index (χ0) is 16.7. The fourth-order valence-corrected chi connectivity index (χ4v) is 6.00. The molecule has 5 rings (SSSR count). The summed E-state index contributed by atoms with van der Waals surface area (Å²) < 4.78 is 0. The second-order valence-electron chi connectivity index (χ2n) is 8.72. The lowest BCUT2D eigenvalue weighted by Gasteiger charge is -2.56. The van der Waals surface area contributed by atoms with Crippen LogP contribution in [0.5, 0.6) is 0 Å². The molecular weight excluding hydrogens is 340 g/mol. The molecular formula is C18H31ClN4O2. The lowest BCUT2D eigenvalue weighted by atomic mass is 9.53. The molecule has 3 amide bonds. The second kappa shape index (κ2) is 7.41. The summed E-state index contributed by atoms with van der Waals surface area (Å²) in [5.74, 6) is 2.17. The molecule has 4 aliphatic carbocycles. The van der Waals surface area contributed by atoms with Crippen molar-refractivity contribution >= 4 is 24.3 Å². The van der Waals surface area contributed by atoms with Crippen molar-refractivity contribution in [3.8, 4) is 0 Å². The maximum absolute atomic E-state index is 12.4. The Morgan fingerprint density at radius 2 is 1.72 bits per heavy atom. The fraction of sp³-hybridized carbons (Fsp3) is 0.889. The van der Waals surface area contributed by atoms with Crippen LogP contribution >= 0.6 is 12.4 Å². The van der Waals surface area contributed by atoms with Crippen LogP contribution in [0.1, 0.15) is 45.4 Å².